The summed E-state index contributed by atoms with van der Waals surface area (Å²) in [7, 11) is 3.06. The highest BCUT2D eigenvalue weighted by atomic mass is 32.2. The minimum Gasteiger partial charge on any atom is -0.497 e. The van der Waals surface area contributed by atoms with Crippen molar-refractivity contribution in [2.75, 3.05) is 31.9 Å². The molecule has 0 bridgehead atoms. The van der Waals surface area contributed by atoms with E-state index in [2.05, 4.69) is 10.3 Å². The van der Waals surface area contributed by atoms with Gasteiger partial charge in [0.1, 0.15) is 11.5 Å². The standard InChI is InChI=1S/C21H23N3O5S/c1-28-14-8-9-18(29-2)17(12-14)22-19(26)13-30-21-23-16-7-4-3-6-15(16)20(27)24(21)10-5-11-25/h3-4,6-9,12,25H,5,10-11,13H2,1-2H3,(H,22,26). The number of carbonyl (C=O) groups excluding carboxylic acids is 1. The Morgan fingerprint density at radius 1 is 1.20 bits per heavy atom. The van der Waals surface area contributed by atoms with Gasteiger partial charge in [-0.15, -0.1) is 0 Å². The molecule has 3 aromatic rings. The molecule has 0 spiro atoms. The van der Waals surface area contributed by atoms with Crippen LogP contribution in [-0.4, -0.2) is 47.1 Å². The molecule has 2 N–H and O–H groups in total. The normalized spacial score (nSPS) is 10.8. The van der Waals surface area contributed by atoms with Gasteiger partial charge in [0, 0.05) is 19.2 Å². The quantitative estimate of drug-likeness (QED) is 0.398. The molecular formula is C21H23N3O5S. The number of thioether (sulfide) groups is 1. The van der Waals surface area contributed by atoms with Crippen molar-refractivity contribution in [2.24, 2.45) is 0 Å². The third-order valence-electron chi connectivity index (χ3n) is 4.38. The largest absolute Gasteiger partial charge is 0.497 e. The molecule has 1 amide bonds. The Morgan fingerprint density at radius 2 is 2.00 bits per heavy atom. The zero-order valence-corrected chi connectivity index (χ0v) is 17.6. The lowest BCUT2D eigenvalue weighted by Gasteiger charge is -2.14. The van der Waals surface area contributed by atoms with Crippen molar-refractivity contribution < 1.29 is 19.4 Å². The van der Waals surface area contributed by atoms with Crippen LogP contribution in [0.3, 0.4) is 0 Å². The molecule has 30 heavy (non-hydrogen) atoms. The number of fused-ring (bicyclic) bond motifs is 1. The van der Waals surface area contributed by atoms with Crippen LogP contribution in [0, 0.1) is 0 Å². The number of rotatable bonds is 9. The van der Waals surface area contributed by atoms with Gasteiger partial charge in [0.2, 0.25) is 5.91 Å². The Labute approximate surface area is 177 Å². The number of benzene rings is 2. The molecule has 0 saturated heterocycles. The van der Waals surface area contributed by atoms with Crippen LogP contribution in [0.25, 0.3) is 10.9 Å². The number of aromatic nitrogens is 2. The summed E-state index contributed by atoms with van der Waals surface area (Å²) in [5, 5.41) is 12.9. The Kier molecular flexibility index (Phi) is 7.31. The van der Waals surface area contributed by atoms with Gasteiger partial charge >= 0.3 is 0 Å². The van der Waals surface area contributed by atoms with Crippen molar-refractivity contribution in [3.8, 4) is 11.5 Å². The van der Waals surface area contributed by atoms with Gasteiger partial charge in [-0.3, -0.25) is 14.2 Å². The van der Waals surface area contributed by atoms with Crippen molar-refractivity contribution in [1.82, 2.24) is 9.55 Å². The molecule has 1 heterocycles. The highest BCUT2D eigenvalue weighted by Crippen LogP contribution is 2.29. The van der Waals surface area contributed by atoms with Crippen LogP contribution in [0.15, 0.2) is 52.4 Å². The first-order valence-corrected chi connectivity index (χ1v) is 10.3. The first kappa shape index (κ1) is 21.7. The Hall–Kier alpha value is -3.04. The summed E-state index contributed by atoms with van der Waals surface area (Å²) in [5.74, 6) is 0.873. The molecule has 8 nitrogen and oxygen atoms in total. The minimum atomic E-state index is -0.275. The highest BCUT2D eigenvalue weighted by molar-refractivity contribution is 7.99. The third-order valence-corrected chi connectivity index (χ3v) is 5.36. The number of methoxy groups -OCH3 is 2. The number of anilines is 1. The molecule has 0 saturated carbocycles. The Bertz CT molecular complexity index is 1100. The summed E-state index contributed by atoms with van der Waals surface area (Å²) in [6.07, 6.45) is 0.417. The van der Waals surface area contributed by atoms with E-state index < -0.39 is 0 Å². The van der Waals surface area contributed by atoms with Crippen LogP contribution in [0.5, 0.6) is 11.5 Å². The molecule has 0 unspecified atom stereocenters. The second-order valence-corrected chi connectivity index (χ2v) is 7.29. The molecule has 158 valence electrons. The van der Waals surface area contributed by atoms with Crippen LogP contribution >= 0.6 is 11.8 Å². The first-order chi connectivity index (χ1) is 14.6. The topological polar surface area (TPSA) is 103 Å². The third kappa shape index (κ3) is 4.92. The van der Waals surface area contributed by atoms with Gasteiger partial charge in [-0.25, -0.2) is 4.98 Å². The van der Waals surface area contributed by atoms with Gasteiger partial charge < -0.3 is 19.9 Å². The van der Waals surface area contributed by atoms with E-state index >= 15 is 0 Å². The van der Waals surface area contributed by atoms with Crippen LogP contribution in [0.2, 0.25) is 0 Å². The van der Waals surface area contributed by atoms with Crippen LogP contribution in [0.1, 0.15) is 6.42 Å². The molecule has 0 aliphatic rings. The SMILES string of the molecule is COc1ccc(OC)c(NC(=O)CSc2nc3ccccc3c(=O)n2CCCO)c1. The lowest BCUT2D eigenvalue weighted by atomic mass is 10.2. The zero-order chi connectivity index (χ0) is 21.5. The molecule has 9 heteroatoms. The number of nitrogens with one attached hydrogen (secondary N) is 1. The number of hydrogen-bond donors (Lipinski definition) is 2. The number of hydrogen-bond acceptors (Lipinski definition) is 7. The van der Waals surface area contributed by atoms with Crippen LogP contribution in [-0.2, 0) is 11.3 Å². The number of ether oxygens (including phenoxy) is 2. The van der Waals surface area contributed by atoms with E-state index in [0.29, 0.717) is 46.2 Å². The van der Waals surface area contributed by atoms with E-state index in [4.69, 9.17) is 14.6 Å². The van der Waals surface area contributed by atoms with Gasteiger partial charge in [-0.2, -0.15) is 0 Å². The molecule has 0 aliphatic heterocycles. The average molecular weight is 429 g/mol. The maximum absolute atomic E-state index is 12.8. The summed E-state index contributed by atoms with van der Waals surface area (Å²) in [6.45, 7) is 0.278. The molecule has 1 aromatic heterocycles. The number of aliphatic hydroxyl groups excluding tert-OH is 1. The molecule has 0 fully saturated rings. The molecular weight excluding hydrogens is 406 g/mol. The van der Waals surface area contributed by atoms with Gasteiger partial charge in [0.15, 0.2) is 5.16 Å². The van der Waals surface area contributed by atoms with Crippen LogP contribution in [0.4, 0.5) is 5.69 Å². The number of amides is 1. The molecule has 0 atom stereocenters. The predicted molar refractivity (Wildman–Crippen MR) is 117 cm³/mol. The molecule has 0 aliphatic carbocycles. The second kappa shape index (κ2) is 10.1. The lowest BCUT2D eigenvalue weighted by Crippen LogP contribution is -2.24. The second-order valence-electron chi connectivity index (χ2n) is 6.35. The van der Waals surface area contributed by atoms with E-state index in [-0.39, 0.29) is 23.8 Å². The zero-order valence-electron chi connectivity index (χ0n) is 16.8. The van der Waals surface area contributed by atoms with Crippen molar-refractivity contribution in [2.45, 2.75) is 18.1 Å². The van der Waals surface area contributed by atoms with Gasteiger partial charge in [0.05, 0.1) is 36.6 Å². The molecule has 0 radical (unpaired) electrons. The van der Waals surface area contributed by atoms with Crippen LogP contribution < -0.4 is 20.3 Å². The van der Waals surface area contributed by atoms with E-state index in [1.165, 1.54) is 11.7 Å². The lowest BCUT2D eigenvalue weighted by molar-refractivity contribution is -0.113. The summed E-state index contributed by atoms with van der Waals surface area (Å²) < 4.78 is 12.0. The number of nitrogens with zero attached hydrogens (tertiary/aromatic N) is 2. The van der Waals surface area contributed by atoms with E-state index in [9.17, 15) is 9.59 Å². The highest BCUT2D eigenvalue weighted by Gasteiger charge is 2.14. The van der Waals surface area contributed by atoms with Crippen molar-refractivity contribution in [1.29, 1.82) is 0 Å². The maximum atomic E-state index is 12.8. The van der Waals surface area contributed by atoms with Gasteiger partial charge in [-0.05, 0) is 30.7 Å². The van der Waals surface area contributed by atoms with Crippen molar-refractivity contribution in [3.05, 3.63) is 52.8 Å². The van der Waals surface area contributed by atoms with E-state index in [0.717, 1.165) is 11.8 Å². The Morgan fingerprint density at radius 3 is 2.73 bits per heavy atom. The summed E-state index contributed by atoms with van der Waals surface area (Å²) in [5.41, 5.74) is 0.873. The predicted octanol–water partition coefficient (Wildman–Crippen LogP) is 2.53. The van der Waals surface area contributed by atoms with E-state index in [1.807, 2.05) is 6.07 Å². The van der Waals surface area contributed by atoms with Crippen molar-refractivity contribution in [3.63, 3.8) is 0 Å². The number of para-hydroxylation sites is 1. The number of aliphatic hydroxyl groups is 1. The summed E-state index contributed by atoms with van der Waals surface area (Å²) >= 11 is 1.16. The maximum Gasteiger partial charge on any atom is 0.262 e. The fourth-order valence-electron chi connectivity index (χ4n) is 2.91. The minimum absolute atomic E-state index is 0.0422. The van der Waals surface area contributed by atoms with Crippen molar-refractivity contribution >= 4 is 34.3 Å². The van der Waals surface area contributed by atoms with Gasteiger partial charge in [0.25, 0.3) is 5.56 Å². The average Bonchev–Trinajstić information content (AvgIpc) is 2.77. The smallest absolute Gasteiger partial charge is 0.262 e. The molecule has 3 rings (SSSR count). The first-order valence-electron chi connectivity index (χ1n) is 9.32. The fourth-order valence-corrected chi connectivity index (χ4v) is 3.74. The summed E-state index contributed by atoms with van der Waals surface area (Å²) in [6, 6.07) is 12.2. The van der Waals surface area contributed by atoms with E-state index in [1.54, 1.807) is 43.5 Å². The molecule has 2 aromatic carbocycles. The summed E-state index contributed by atoms with van der Waals surface area (Å²) in [4.78, 5) is 29.9. The monoisotopic (exact) mass is 429 g/mol. The number of carbonyl (C=O) groups is 1. The fraction of sp³-hybridized carbons (Fsp3) is 0.286. The van der Waals surface area contributed by atoms with Gasteiger partial charge in [-0.1, -0.05) is 23.9 Å². The Balaban J connectivity index is 1.81.